The molecular weight excluding hydrogens is 238 g/mol. The monoisotopic (exact) mass is 263 g/mol. The lowest BCUT2D eigenvalue weighted by Gasteiger charge is -2.47. The summed E-state index contributed by atoms with van der Waals surface area (Å²) in [6.07, 6.45) is 0. The first-order valence-electron chi connectivity index (χ1n) is 7.01. The van der Waals surface area contributed by atoms with E-state index in [-0.39, 0.29) is 5.41 Å². The largest absolute Gasteiger partial charge is 0.496 e. The predicted molar refractivity (Wildman–Crippen MR) is 77.8 cm³/mol. The van der Waals surface area contributed by atoms with Crippen molar-refractivity contribution < 1.29 is 9.47 Å². The maximum Gasteiger partial charge on any atom is 0.122 e. The maximum absolute atomic E-state index is 5.90. The van der Waals surface area contributed by atoms with Crippen molar-refractivity contribution >= 4 is 0 Å². The van der Waals surface area contributed by atoms with Crippen molar-refractivity contribution in [1.29, 1.82) is 0 Å². The third kappa shape index (κ3) is 2.37. The fourth-order valence-electron chi connectivity index (χ4n) is 2.73. The van der Waals surface area contributed by atoms with E-state index in [1.54, 1.807) is 7.11 Å². The number of benzene rings is 1. The summed E-state index contributed by atoms with van der Waals surface area (Å²) in [7, 11) is 1.73. The normalized spacial score (nSPS) is 19.1. The Bertz CT molecular complexity index is 438. The number of hydrogen-bond donors (Lipinski definition) is 1. The van der Waals surface area contributed by atoms with E-state index in [0.29, 0.717) is 18.4 Å². The molecule has 1 aromatic rings. The molecule has 1 fully saturated rings. The van der Waals surface area contributed by atoms with Crippen LogP contribution in [0.5, 0.6) is 5.75 Å². The Morgan fingerprint density at radius 3 is 2.42 bits per heavy atom. The van der Waals surface area contributed by atoms with Crippen molar-refractivity contribution in [2.75, 3.05) is 26.9 Å². The number of ether oxygens (including phenoxy) is 2. The van der Waals surface area contributed by atoms with Gasteiger partial charge in [0, 0.05) is 11.0 Å². The molecule has 1 aliphatic heterocycles. The first kappa shape index (κ1) is 14.4. The molecule has 0 saturated carbocycles. The van der Waals surface area contributed by atoms with Gasteiger partial charge in [-0.05, 0) is 30.0 Å². The lowest BCUT2D eigenvalue weighted by Crippen LogP contribution is -2.53. The Hall–Kier alpha value is -1.06. The first-order chi connectivity index (χ1) is 9.05. The van der Waals surface area contributed by atoms with Crippen molar-refractivity contribution in [2.24, 2.45) is 11.7 Å². The van der Waals surface area contributed by atoms with Crippen LogP contribution in [0.15, 0.2) is 18.2 Å². The predicted octanol–water partition coefficient (Wildman–Crippen LogP) is 2.68. The Kier molecular flexibility index (Phi) is 4.16. The summed E-state index contributed by atoms with van der Waals surface area (Å²) in [4.78, 5) is 0. The van der Waals surface area contributed by atoms with Crippen molar-refractivity contribution in [2.45, 2.75) is 32.1 Å². The van der Waals surface area contributed by atoms with E-state index in [9.17, 15) is 0 Å². The summed E-state index contributed by atoms with van der Waals surface area (Å²) in [5, 5.41) is 0. The number of hydrogen-bond acceptors (Lipinski definition) is 3. The van der Waals surface area contributed by atoms with Crippen molar-refractivity contribution in [3.8, 4) is 5.75 Å². The minimum Gasteiger partial charge on any atom is -0.496 e. The minimum absolute atomic E-state index is 0.0188. The molecular formula is C16H25NO2. The zero-order chi connectivity index (χ0) is 14.0. The molecule has 2 N–H and O–H groups in total. The zero-order valence-corrected chi connectivity index (χ0v) is 12.4. The lowest BCUT2D eigenvalue weighted by molar-refractivity contribution is -0.0863. The van der Waals surface area contributed by atoms with Gasteiger partial charge in [0.25, 0.3) is 0 Å². The zero-order valence-electron chi connectivity index (χ0n) is 12.4. The molecule has 1 unspecified atom stereocenters. The Balaban J connectivity index is 2.49. The van der Waals surface area contributed by atoms with Crippen LogP contribution in [0.25, 0.3) is 0 Å². The fraction of sp³-hybridized carbons (Fsp3) is 0.625. The van der Waals surface area contributed by atoms with E-state index in [0.717, 1.165) is 19.0 Å². The quantitative estimate of drug-likeness (QED) is 0.888. The average Bonchev–Trinajstić information content (AvgIpc) is 2.36. The van der Waals surface area contributed by atoms with Crippen LogP contribution in [-0.2, 0) is 10.2 Å². The molecule has 1 saturated heterocycles. The van der Waals surface area contributed by atoms with Crippen LogP contribution < -0.4 is 10.5 Å². The SMILES string of the molecule is COc1ccc(C(C)C)cc1C1(C(C)CN)COC1. The van der Waals surface area contributed by atoms with Gasteiger partial charge >= 0.3 is 0 Å². The van der Waals surface area contributed by atoms with Crippen LogP contribution in [0, 0.1) is 5.92 Å². The van der Waals surface area contributed by atoms with Gasteiger partial charge in [-0.2, -0.15) is 0 Å². The molecule has 3 heteroatoms. The van der Waals surface area contributed by atoms with Gasteiger partial charge in [0.05, 0.1) is 20.3 Å². The van der Waals surface area contributed by atoms with Crippen LogP contribution >= 0.6 is 0 Å². The molecule has 2 rings (SSSR count). The Labute approximate surface area is 116 Å². The fourth-order valence-corrected chi connectivity index (χ4v) is 2.73. The van der Waals surface area contributed by atoms with E-state index in [2.05, 4.69) is 39.0 Å². The van der Waals surface area contributed by atoms with Crippen molar-refractivity contribution in [3.05, 3.63) is 29.3 Å². The van der Waals surface area contributed by atoms with Gasteiger partial charge in [0.15, 0.2) is 0 Å². The second-order valence-corrected chi connectivity index (χ2v) is 5.90. The lowest BCUT2D eigenvalue weighted by atomic mass is 9.68. The molecule has 0 radical (unpaired) electrons. The average molecular weight is 263 g/mol. The van der Waals surface area contributed by atoms with Crippen LogP contribution in [0.4, 0.5) is 0 Å². The molecule has 106 valence electrons. The van der Waals surface area contributed by atoms with Crippen molar-refractivity contribution in [1.82, 2.24) is 0 Å². The van der Waals surface area contributed by atoms with E-state index in [1.165, 1.54) is 11.1 Å². The highest BCUT2D eigenvalue weighted by Crippen LogP contribution is 2.44. The van der Waals surface area contributed by atoms with Gasteiger partial charge in [0.1, 0.15) is 5.75 Å². The van der Waals surface area contributed by atoms with E-state index < -0.39 is 0 Å². The number of rotatable bonds is 5. The highest BCUT2D eigenvalue weighted by atomic mass is 16.5. The smallest absolute Gasteiger partial charge is 0.122 e. The summed E-state index contributed by atoms with van der Waals surface area (Å²) in [6, 6.07) is 6.50. The van der Waals surface area contributed by atoms with Crippen LogP contribution in [0.2, 0.25) is 0 Å². The molecule has 0 amide bonds. The topological polar surface area (TPSA) is 44.5 Å². The van der Waals surface area contributed by atoms with Gasteiger partial charge < -0.3 is 15.2 Å². The summed E-state index contributed by atoms with van der Waals surface area (Å²) in [5.41, 5.74) is 8.51. The summed E-state index contributed by atoms with van der Waals surface area (Å²) in [6.45, 7) is 8.76. The minimum atomic E-state index is 0.0188. The van der Waals surface area contributed by atoms with E-state index in [4.69, 9.17) is 15.2 Å². The Morgan fingerprint density at radius 2 is 2.00 bits per heavy atom. The molecule has 0 bridgehead atoms. The number of nitrogens with two attached hydrogens (primary N) is 1. The highest BCUT2D eigenvalue weighted by Gasteiger charge is 2.46. The van der Waals surface area contributed by atoms with E-state index in [1.807, 2.05) is 0 Å². The second-order valence-electron chi connectivity index (χ2n) is 5.90. The molecule has 3 nitrogen and oxygen atoms in total. The van der Waals surface area contributed by atoms with Crippen LogP contribution in [-0.4, -0.2) is 26.9 Å². The van der Waals surface area contributed by atoms with Gasteiger partial charge in [-0.3, -0.25) is 0 Å². The van der Waals surface area contributed by atoms with Gasteiger partial charge in [0.2, 0.25) is 0 Å². The maximum atomic E-state index is 5.90. The standard InChI is InChI=1S/C16H25NO2/c1-11(2)13-5-6-15(18-4)14(7-13)16(9-19-10-16)12(3)8-17/h5-7,11-12H,8-10,17H2,1-4H3. The molecule has 0 aromatic heterocycles. The summed E-state index contributed by atoms with van der Waals surface area (Å²) in [5.74, 6) is 1.85. The molecule has 0 spiro atoms. The first-order valence-corrected chi connectivity index (χ1v) is 7.01. The molecule has 1 aromatic carbocycles. The van der Waals surface area contributed by atoms with Gasteiger partial charge in [-0.25, -0.2) is 0 Å². The molecule has 1 aliphatic rings. The van der Waals surface area contributed by atoms with Gasteiger partial charge in [-0.15, -0.1) is 0 Å². The van der Waals surface area contributed by atoms with E-state index >= 15 is 0 Å². The third-order valence-electron chi connectivity index (χ3n) is 4.44. The molecule has 1 atom stereocenters. The third-order valence-corrected chi connectivity index (χ3v) is 4.44. The molecule has 0 aliphatic carbocycles. The van der Waals surface area contributed by atoms with Gasteiger partial charge in [-0.1, -0.05) is 32.9 Å². The number of methoxy groups -OCH3 is 1. The van der Waals surface area contributed by atoms with Crippen LogP contribution in [0.3, 0.4) is 0 Å². The summed E-state index contributed by atoms with van der Waals surface area (Å²) >= 11 is 0. The highest BCUT2D eigenvalue weighted by molar-refractivity contribution is 5.45. The molecule has 1 heterocycles. The molecule has 19 heavy (non-hydrogen) atoms. The summed E-state index contributed by atoms with van der Waals surface area (Å²) < 4.78 is 11.1. The second kappa shape index (κ2) is 5.51. The Morgan fingerprint density at radius 1 is 1.32 bits per heavy atom. The van der Waals surface area contributed by atoms with Crippen molar-refractivity contribution in [3.63, 3.8) is 0 Å². The van der Waals surface area contributed by atoms with Crippen LogP contribution in [0.1, 0.15) is 37.8 Å².